The Bertz CT molecular complexity index is 450. The zero-order valence-corrected chi connectivity index (χ0v) is 11.9. The molecule has 0 radical (unpaired) electrons. The van der Waals surface area contributed by atoms with Crippen LogP contribution in [-0.4, -0.2) is 13.7 Å². The van der Waals surface area contributed by atoms with Crippen molar-refractivity contribution in [3.8, 4) is 5.75 Å². The average Bonchev–Trinajstić information content (AvgIpc) is 2.96. The minimum atomic E-state index is -0.537. The monoisotopic (exact) mass is 269 g/mol. The topological polar surface area (TPSA) is 21.3 Å². The van der Waals surface area contributed by atoms with Gasteiger partial charge in [-0.2, -0.15) is 0 Å². The number of rotatable bonds is 5. The molecule has 4 heteroatoms. The van der Waals surface area contributed by atoms with Gasteiger partial charge in [0.2, 0.25) is 0 Å². The van der Waals surface area contributed by atoms with Crippen molar-refractivity contribution in [3.05, 3.63) is 29.3 Å². The Kier molecular flexibility index (Phi) is 3.81. The van der Waals surface area contributed by atoms with Crippen LogP contribution in [0.4, 0.5) is 8.78 Å². The molecule has 1 aromatic carbocycles. The lowest BCUT2D eigenvalue weighted by atomic mass is 9.96. The lowest BCUT2D eigenvalue weighted by molar-refractivity contribution is 0.380. The summed E-state index contributed by atoms with van der Waals surface area (Å²) in [6.45, 7) is 6.88. The van der Waals surface area contributed by atoms with E-state index in [4.69, 9.17) is 4.74 Å². The first-order valence-corrected chi connectivity index (χ1v) is 6.67. The highest BCUT2D eigenvalue weighted by molar-refractivity contribution is 5.34. The Morgan fingerprint density at radius 3 is 2.26 bits per heavy atom. The largest absolute Gasteiger partial charge is 0.497 e. The average molecular weight is 269 g/mol. The van der Waals surface area contributed by atoms with Crippen LogP contribution >= 0.6 is 0 Å². The van der Waals surface area contributed by atoms with E-state index in [0.29, 0.717) is 6.54 Å². The van der Waals surface area contributed by atoms with Crippen LogP contribution in [-0.2, 0) is 0 Å². The molecule has 1 saturated carbocycles. The summed E-state index contributed by atoms with van der Waals surface area (Å²) in [5, 5.41) is 3.21. The fourth-order valence-electron chi connectivity index (χ4n) is 2.72. The van der Waals surface area contributed by atoms with Gasteiger partial charge < -0.3 is 10.1 Å². The molecule has 19 heavy (non-hydrogen) atoms. The summed E-state index contributed by atoms with van der Waals surface area (Å²) >= 11 is 0. The highest BCUT2D eigenvalue weighted by Crippen LogP contribution is 2.58. The Morgan fingerprint density at radius 1 is 1.37 bits per heavy atom. The zero-order chi connectivity index (χ0) is 14.2. The maximum absolute atomic E-state index is 14.2. The molecule has 0 spiro atoms. The van der Waals surface area contributed by atoms with Crippen molar-refractivity contribution in [2.45, 2.75) is 33.2 Å². The smallest absolute Gasteiger partial charge is 0.134 e. The lowest BCUT2D eigenvalue weighted by Crippen LogP contribution is -2.26. The molecule has 2 rings (SSSR count). The van der Waals surface area contributed by atoms with Crippen molar-refractivity contribution in [3.63, 3.8) is 0 Å². The van der Waals surface area contributed by atoms with Crippen LogP contribution in [0.5, 0.6) is 5.75 Å². The number of ether oxygens (including phenoxy) is 1. The van der Waals surface area contributed by atoms with Gasteiger partial charge in [0, 0.05) is 23.7 Å². The maximum Gasteiger partial charge on any atom is 0.134 e. The van der Waals surface area contributed by atoms with E-state index in [1.807, 2.05) is 6.92 Å². The van der Waals surface area contributed by atoms with Gasteiger partial charge in [0.05, 0.1) is 7.11 Å². The van der Waals surface area contributed by atoms with Gasteiger partial charge in [-0.05, 0) is 24.3 Å². The number of methoxy groups -OCH3 is 1. The predicted octanol–water partition coefficient (Wildman–Crippen LogP) is 3.67. The van der Waals surface area contributed by atoms with E-state index in [0.717, 1.165) is 6.42 Å². The Hall–Kier alpha value is -1.16. The summed E-state index contributed by atoms with van der Waals surface area (Å²) in [6, 6.07) is 2.22. The highest BCUT2D eigenvalue weighted by Gasteiger charge is 2.51. The predicted molar refractivity (Wildman–Crippen MR) is 71.2 cm³/mol. The number of hydrogen-bond acceptors (Lipinski definition) is 2. The van der Waals surface area contributed by atoms with Gasteiger partial charge in [-0.3, -0.25) is 0 Å². The third-order valence-electron chi connectivity index (χ3n) is 4.02. The zero-order valence-electron chi connectivity index (χ0n) is 11.9. The molecule has 0 aliphatic heterocycles. The molecule has 106 valence electrons. The van der Waals surface area contributed by atoms with E-state index in [1.165, 1.54) is 19.2 Å². The fourth-order valence-corrected chi connectivity index (χ4v) is 2.72. The van der Waals surface area contributed by atoms with E-state index in [-0.39, 0.29) is 28.7 Å². The maximum atomic E-state index is 14.2. The molecule has 1 N–H and O–H groups in total. The SMILES string of the molecule is CCNC(c1c(F)cc(OC)cc1F)C1CC1(C)C. The Morgan fingerprint density at radius 2 is 1.89 bits per heavy atom. The summed E-state index contributed by atoms with van der Waals surface area (Å²) in [5.74, 6) is -0.593. The lowest BCUT2D eigenvalue weighted by Gasteiger charge is -2.21. The molecule has 0 amide bonds. The molecule has 0 heterocycles. The number of benzene rings is 1. The van der Waals surface area contributed by atoms with Crippen LogP contribution in [0.2, 0.25) is 0 Å². The van der Waals surface area contributed by atoms with E-state index in [9.17, 15) is 8.78 Å². The second-order valence-corrected chi connectivity index (χ2v) is 5.84. The van der Waals surface area contributed by atoms with Crippen LogP contribution < -0.4 is 10.1 Å². The second kappa shape index (κ2) is 5.08. The molecule has 2 atom stereocenters. The van der Waals surface area contributed by atoms with Gasteiger partial charge in [-0.15, -0.1) is 0 Å². The summed E-state index contributed by atoms with van der Waals surface area (Å²) in [6.07, 6.45) is 0.982. The second-order valence-electron chi connectivity index (χ2n) is 5.84. The summed E-state index contributed by atoms with van der Waals surface area (Å²) < 4.78 is 33.2. The van der Waals surface area contributed by atoms with E-state index in [1.54, 1.807) is 0 Å². The van der Waals surface area contributed by atoms with Crippen LogP contribution in [0.1, 0.15) is 38.8 Å². The molecule has 1 aliphatic rings. The fraction of sp³-hybridized carbons (Fsp3) is 0.600. The van der Waals surface area contributed by atoms with Crippen molar-refractivity contribution in [2.24, 2.45) is 11.3 Å². The number of halogens is 2. The first-order valence-electron chi connectivity index (χ1n) is 6.67. The molecular weight excluding hydrogens is 248 g/mol. The van der Waals surface area contributed by atoms with E-state index < -0.39 is 11.6 Å². The molecule has 2 nitrogen and oxygen atoms in total. The molecule has 1 fully saturated rings. The van der Waals surface area contributed by atoms with Crippen molar-refractivity contribution < 1.29 is 13.5 Å². The third-order valence-corrected chi connectivity index (χ3v) is 4.02. The molecule has 0 saturated heterocycles. The summed E-state index contributed by atoms with van der Waals surface area (Å²) in [4.78, 5) is 0. The van der Waals surface area contributed by atoms with Crippen LogP contribution in [0.3, 0.4) is 0 Å². The molecular formula is C15H21F2NO. The first kappa shape index (κ1) is 14.3. The third kappa shape index (κ3) is 2.73. The standard InChI is InChI=1S/C15H21F2NO/c1-5-18-14(10-8-15(10,2)3)13-11(16)6-9(19-4)7-12(13)17/h6-7,10,14,18H,5,8H2,1-4H3. The van der Waals surface area contributed by atoms with Crippen molar-refractivity contribution in [2.75, 3.05) is 13.7 Å². The van der Waals surface area contributed by atoms with Gasteiger partial charge in [-0.1, -0.05) is 20.8 Å². The molecule has 1 aromatic rings. The van der Waals surface area contributed by atoms with Gasteiger partial charge in [0.25, 0.3) is 0 Å². The Labute approximate surface area is 113 Å². The number of hydrogen-bond donors (Lipinski definition) is 1. The van der Waals surface area contributed by atoms with Crippen molar-refractivity contribution in [1.29, 1.82) is 0 Å². The van der Waals surface area contributed by atoms with E-state index >= 15 is 0 Å². The molecule has 0 bridgehead atoms. The van der Waals surface area contributed by atoms with Gasteiger partial charge in [0.15, 0.2) is 0 Å². The van der Waals surface area contributed by atoms with E-state index in [2.05, 4.69) is 19.2 Å². The first-order chi connectivity index (χ1) is 8.90. The van der Waals surface area contributed by atoms with Gasteiger partial charge >= 0.3 is 0 Å². The normalized spacial score (nSPS) is 22.1. The minimum Gasteiger partial charge on any atom is -0.497 e. The molecule has 2 unspecified atom stereocenters. The molecule has 0 aromatic heterocycles. The van der Waals surface area contributed by atoms with Gasteiger partial charge in [-0.25, -0.2) is 8.78 Å². The summed E-state index contributed by atoms with van der Waals surface area (Å²) in [7, 11) is 1.40. The van der Waals surface area contributed by atoms with Crippen LogP contribution in [0.25, 0.3) is 0 Å². The van der Waals surface area contributed by atoms with Crippen molar-refractivity contribution >= 4 is 0 Å². The van der Waals surface area contributed by atoms with Crippen LogP contribution in [0.15, 0.2) is 12.1 Å². The van der Waals surface area contributed by atoms with Crippen molar-refractivity contribution in [1.82, 2.24) is 5.32 Å². The number of nitrogens with one attached hydrogen (secondary N) is 1. The Balaban J connectivity index is 2.37. The highest BCUT2D eigenvalue weighted by atomic mass is 19.1. The quantitative estimate of drug-likeness (QED) is 0.880. The van der Waals surface area contributed by atoms with Crippen LogP contribution in [0, 0.1) is 23.0 Å². The minimum absolute atomic E-state index is 0.137. The molecule has 1 aliphatic carbocycles. The summed E-state index contributed by atoms with van der Waals surface area (Å²) in [5.41, 5.74) is 0.282. The van der Waals surface area contributed by atoms with Gasteiger partial charge in [0.1, 0.15) is 17.4 Å².